The first-order valence-corrected chi connectivity index (χ1v) is 8.08. The van der Waals surface area contributed by atoms with Crippen LogP contribution in [-0.2, 0) is 9.59 Å². The second kappa shape index (κ2) is 6.59. The summed E-state index contributed by atoms with van der Waals surface area (Å²) >= 11 is 0. The van der Waals surface area contributed by atoms with E-state index in [1.807, 2.05) is 11.8 Å². The van der Waals surface area contributed by atoms with Crippen molar-refractivity contribution in [2.45, 2.75) is 52.4 Å². The van der Waals surface area contributed by atoms with E-state index >= 15 is 0 Å². The molecule has 4 nitrogen and oxygen atoms in total. The molecule has 4 heteroatoms. The monoisotopic (exact) mass is 281 g/mol. The number of aliphatic carboxylic acids is 1. The van der Waals surface area contributed by atoms with Crippen LogP contribution in [0, 0.1) is 23.7 Å². The van der Waals surface area contributed by atoms with E-state index in [-0.39, 0.29) is 11.8 Å². The van der Waals surface area contributed by atoms with Crippen LogP contribution >= 0.6 is 0 Å². The van der Waals surface area contributed by atoms with Gasteiger partial charge < -0.3 is 10.0 Å². The molecule has 0 aliphatic heterocycles. The lowest BCUT2D eigenvalue weighted by Crippen LogP contribution is -2.42. The standard InChI is InChI=1S/C16H27NO3/c1-3-11-8-13(14(9-11)16(19)20)15(18)17(4-2)10-12-6-5-7-12/h11-14H,3-10H2,1-2H3,(H,19,20)/t11?,13-,14+/m0/s1. The molecule has 0 saturated heterocycles. The third kappa shape index (κ3) is 3.15. The summed E-state index contributed by atoms with van der Waals surface area (Å²) in [6, 6.07) is 0. The summed E-state index contributed by atoms with van der Waals surface area (Å²) in [6.45, 7) is 5.62. The van der Waals surface area contributed by atoms with Crippen molar-refractivity contribution in [3.63, 3.8) is 0 Å². The van der Waals surface area contributed by atoms with Crippen molar-refractivity contribution in [1.29, 1.82) is 0 Å². The molecule has 1 unspecified atom stereocenters. The Morgan fingerprint density at radius 2 is 1.75 bits per heavy atom. The van der Waals surface area contributed by atoms with Crippen LogP contribution in [0.25, 0.3) is 0 Å². The van der Waals surface area contributed by atoms with Crippen LogP contribution in [0.15, 0.2) is 0 Å². The molecular formula is C16H27NO3. The van der Waals surface area contributed by atoms with Crippen LogP contribution in [0.1, 0.15) is 52.4 Å². The van der Waals surface area contributed by atoms with Gasteiger partial charge in [0.1, 0.15) is 0 Å². The lowest BCUT2D eigenvalue weighted by atomic mass is 9.84. The number of carboxylic acids is 1. The fraction of sp³-hybridized carbons (Fsp3) is 0.875. The van der Waals surface area contributed by atoms with E-state index in [9.17, 15) is 14.7 Å². The molecule has 2 rings (SSSR count). The van der Waals surface area contributed by atoms with Crippen LogP contribution < -0.4 is 0 Å². The van der Waals surface area contributed by atoms with Crippen LogP contribution in [0.3, 0.4) is 0 Å². The maximum absolute atomic E-state index is 12.7. The lowest BCUT2D eigenvalue weighted by molar-refractivity contribution is -0.149. The van der Waals surface area contributed by atoms with E-state index in [0.717, 1.165) is 19.4 Å². The van der Waals surface area contributed by atoms with Gasteiger partial charge in [-0.1, -0.05) is 19.8 Å². The minimum Gasteiger partial charge on any atom is -0.481 e. The molecule has 0 heterocycles. The minimum atomic E-state index is -0.793. The number of amides is 1. The first kappa shape index (κ1) is 15.3. The summed E-state index contributed by atoms with van der Waals surface area (Å²) in [5.41, 5.74) is 0. The molecule has 114 valence electrons. The van der Waals surface area contributed by atoms with Crippen molar-refractivity contribution in [1.82, 2.24) is 4.90 Å². The Bertz CT molecular complexity index is 365. The number of carbonyl (C=O) groups excluding carboxylic acids is 1. The normalized spacial score (nSPS) is 30.0. The van der Waals surface area contributed by atoms with Gasteiger partial charge in [0.2, 0.25) is 5.91 Å². The van der Waals surface area contributed by atoms with Crippen molar-refractivity contribution in [3.05, 3.63) is 0 Å². The zero-order valence-electron chi connectivity index (χ0n) is 12.7. The number of nitrogens with zero attached hydrogens (tertiary/aromatic N) is 1. The zero-order chi connectivity index (χ0) is 14.7. The molecule has 0 radical (unpaired) electrons. The van der Waals surface area contributed by atoms with Gasteiger partial charge in [-0.2, -0.15) is 0 Å². The third-order valence-electron chi connectivity index (χ3n) is 5.27. The second-order valence-electron chi connectivity index (χ2n) is 6.47. The van der Waals surface area contributed by atoms with Gasteiger partial charge in [-0.05, 0) is 44.4 Å². The second-order valence-corrected chi connectivity index (χ2v) is 6.47. The Morgan fingerprint density at radius 3 is 2.20 bits per heavy atom. The van der Waals surface area contributed by atoms with Crippen LogP contribution in [0.5, 0.6) is 0 Å². The van der Waals surface area contributed by atoms with E-state index < -0.39 is 11.9 Å². The Hall–Kier alpha value is -1.06. The maximum atomic E-state index is 12.7. The molecular weight excluding hydrogens is 254 g/mol. The highest BCUT2D eigenvalue weighted by atomic mass is 16.4. The molecule has 0 aromatic heterocycles. The highest BCUT2D eigenvalue weighted by Crippen LogP contribution is 2.39. The highest BCUT2D eigenvalue weighted by molar-refractivity contribution is 5.85. The van der Waals surface area contributed by atoms with Gasteiger partial charge in [0, 0.05) is 13.1 Å². The number of rotatable bonds is 6. The van der Waals surface area contributed by atoms with Gasteiger partial charge in [0.05, 0.1) is 11.8 Å². The molecule has 2 fully saturated rings. The first-order chi connectivity index (χ1) is 9.56. The summed E-state index contributed by atoms with van der Waals surface area (Å²) < 4.78 is 0. The number of carboxylic acid groups (broad SMARTS) is 1. The number of hydrogen-bond acceptors (Lipinski definition) is 2. The van der Waals surface area contributed by atoms with E-state index in [1.54, 1.807) is 0 Å². The van der Waals surface area contributed by atoms with Crippen LogP contribution in [0.2, 0.25) is 0 Å². The third-order valence-corrected chi connectivity index (χ3v) is 5.27. The number of carbonyl (C=O) groups is 2. The highest BCUT2D eigenvalue weighted by Gasteiger charge is 2.43. The Balaban J connectivity index is 2.02. The summed E-state index contributed by atoms with van der Waals surface area (Å²) in [4.78, 5) is 26.0. The van der Waals surface area contributed by atoms with Gasteiger partial charge in [-0.25, -0.2) is 0 Å². The largest absolute Gasteiger partial charge is 0.481 e. The molecule has 1 amide bonds. The molecule has 2 saturated carbocycles. The van der Waals surface area contributed by atoms with E-state index in [2.05, 4.69) is 6.92 Å². The summed E-state index contributed by atoms with van der Waals surface area (Å²) in [5, 5.41) is 9.37. The molecule has 2 aliphatic rings. The predicted molar refractivity (Wildman–Crippen MR) is 77.2 cm³/mol. The van der Waals surface area contributed by atoms with Gasteiger partial charge >= 0.3 is 5.97 Å². The van der Waals surface area contributed by atoms with E-state index in [0.29, 0.717) is 24.8 Å². The molecule has 0 aromatic carbocycles. The Kier molecular flexibility index (Phi) is 5.06. The quantitative estimate of drug-likeness (QED) is 0.814. The zero-order valence-corrected chi connectivity index (χ0v) is 12.7. The summed E-state index contributed by atoms with van der Waals surface area (Å²) in [5.74, 6) is -0.430. The number of hydrogen-bond donors (Lipinski definition) is 1. The van der Waals surface area contributed by atoms with Crippen molar-refractivity contribution < 1.29 is 14.7 Å². The fourth-order valence-corrected chi connectivity index (χ4v) is 3.62. The van der Waals surface area contributed by atoms with Gasteiger partial charge in [-0.15, -0.1) is 0 Å². The van der Waals surface area contributed by atoms with Gasteiger partial charge in [0.15, 0.2) is 0 Å². The van der Waals surface area contributed by atoms with Crippen molar-refractivity contribution in [3.8, 4) is 0 Å². The predicted octanol–water partition coefficient (Wildman–Crippen LogP) is 2.77. The van der Waals surface area contributed by atoms with Crippen molar-refractivity contribution in [2.24, 2.45) is 23.7 Å². The fourth-order valence-electron chi connectivity index (χ4n) is 3.62. The molecule has 3 atom stereocenters. The van der Waals surface area contributed by atoms with Crippen LogP contribution in [0.4, 0.5) is 0 Å². The average molecular weight is 281 g/mol. The molecule has 0 aromatic rings. The maximum Gasteiger partial charge on any atom is 0.307 e. The molecule has 0 bridgehead atoms. The van der Waals surface area contributed by atoms with Crippen molar-refractivity contribution >= 4 is 11.9 Å². The van der Waals surface area contributed by atoms with E-state index in [4.69, 9.17) is 0 Å². The topological polar surface area (TPSA) is 57.6 Å². The Morgan fingerprint density at radius 1 is 1.10 bits per heavy atom. The first-order valence-electron chi connectivity index (χ1n) is 8.08. The minimum absolute atomic E-state index is 0.0859. The summed E-state index contributed by atoms with van der Waals surface area (Å²) in [7, 11) is 0. The van der Waals surface area contributed by atoms with Gasteiger partial charge in [-0.3, -0.25) is 9.59 Å². The smallest absolute Gasteiger partial charge is 0.307 e. The molecule has 2 aliphatic carbocycles. The Labute approximate surface area is 121 Å². The van der Waals surface area contributed by atoms with Crippen molar-refractivity contribution in [2.75, 3.05) is 13.1 Å². The molecule has 20 heavy (non-hydrogen) atoms. The van der Waals surface area contributed by atoms with Crippen LogP contribution in [-0.4, -0.2) is 35.0 Å². The van der Waals surface area contributed by atoms with Gasteiger partial charge in [0.25, 0.3) is 0 Å². The molecule has 0 spiro atoms. The SMILES string of the molecule is CCC1C[C@H](C(=O)N(CC)CC2CCC2)[C@H](C(=O)O)C1. The lowest BCUT2D eigenvalue weighted by Gasteiger charge is -2.33. The average Bonchev–Trinajstić information content (AvgIpc) is 2.81. The molecule has 1 N–H and O–H groups in total. The van der Waals surface area contributed by atoms with E-state index in [1.165, 1.54) is 19.3 Å². The summed E-state index contributed by atoms with van der Waals surface area (Å²) in [6.07, 6.45) is 6.11.